The minimum Gasteiger partial charge on any atom is -1.00 e. The van der Waals surface area contributed by atoms with E-state index in [9.17, 15) is 4.79 Å². The standard InChI is InChI=1S/C15H30NO2.BrH/c1-6-9-16(10-7-2,11-8-3)12-13-18-15(17)14(4)5;/h4,6-13H2,1-3,5H3;1H/q+1;/p-1. The number of ether oxygens (including phenoxy) is 1. The van der Waals surface area contributed by atoms with Crippen molar-refractivity contribution < 1.29 is 31.0 Å². The van der Waals surface area contributed by atoms with Crippen LogP contribution in [-0.4, -0.2) is 43.2 Å². The van der Waals surface area contributed by atoms with Crippen molar-refractivity contribution in [2.45, 2.75) is 47.0 Å². The van der Waals surface area contributed by atoms with Gasteiger partial charge in [0.15, 0.2) is 0 Å². The molecule has 0 aliphatic carbocycles. The first kappa shape index (κ1) is 21.0. The molecule has 0 heterocycles. The molecule has 0 bridgehead atoms. The molecule has 0 aliphatic rings. The lowest BCUT2D eigenvalue weighted by Gasteiger charge is -2.38. The van der Waals surface area contributed by atoms with Gasteiger partial charge in [0.2, 0.25) is 0 Å². The molecule has 0 N–H and O–H groups in total. The van der Waals surface area contributed by atoms with Crippen molar-refractivity contribution in [1.82, 2.24) is 0 Å². The Balaban J connectivity index is 0. The van der Waals surface area contributed by atoms with Gasteiger partial charge in [0.05, 0.1) is 19.6 Å². The summed E-state index contributed by atoms with van der Waals surface area (Å²) in [5.41, 5.74) is 0.481. The average molecular weight is 336 g/mol. The fourth-order valence-electron chi connectivity index (χ4n) is 2.55. The van der Waals surface area contributed by atoms with E-state index in [0.29, 0.717) is 12.2 Å². The van der Waals surface area contributed by atoms with Crippen LogP contribution in [0.1, 0.15) is 47.0 Å². The second kappa shape index (κ2) is 11.5. The van der Waals surface area contributed by atoms with E-state index < -0.39 is 0 Å². The maximum Gasteiger partial charge on any atom is 0.333 e. The van der Waals surface area contributed by atoms with Gasteiger partial charge in [-0.25, -0.2) is 4.79 Å². The number of hydrogen-bond donors (Lipinski definition) is 0. The first-order valence-corrected chi connectivity index (χ1v) is 7.19. The Morgan fingerprint density at radius 3 is 1.74 bits per heavy atom. The van der Waals surface area contributed by atoms with Gasteiger partial charge < -0.3 is 26.2 Å². The van der Waals surface area contributed by atoms with E-state index in [4.69, 9.17) is 4.74 Å². The number of hydrogen-bond acceptors (Lipinski definition) is 2. The highest BCUT2D eigenvalue weighted by atomic mass is 79.9. The van der Waals surface area contributed by atoms with Crippen LogP contribution in [0.5, 0.6) is 0 Å². The molecule has 0 rings (SSSR count). The van der Waals surface area contributed by atoms with Crippen LogP contribution >= 0.6 is 0 Å². The summed E-state index contributed by atoms with van der Waals surface area (Å²) in [7, 11) is 0. The third-order valence-electron chi connectivity index (χ3n) is 3.24. The Morgan fingerprint density at radius 2 is 1.42 bits per heavy atom. The van der Waals surface area contributed by atoms with E-state index in [-0.39, 0.29) is 23.0 Å². The molecule has 0 aromatic carbocycles. The zero-order valence-electron chi connectivity index (χ0n) is 13.0. The minimum absolute atomic E-state index is 0. The fraction of sp³-hybridized carbons (Fsp3) is 0.800. The van der Waals surface area contributed by atoms with Crippen molar-refractivity contribution >= 4 is 5.97 Å². The smallest absolute Gasteiger partial charge is 0.333 e. The molecule has 19 heavy (non-hydrogen) atoms. The quantitative estimate of drug-likeness (QED) is 0.323. The van der Waals surface area contributed by atoms with Crippen LogP contribution in [-0.2, 0) is 9.53 Å². The monoisotopic (exact) mass is 335 g/mol. The molecule has 0 aromatic rings. The maximum atomic E-state index is 11.4. The van der Waals surface area contributed by atoms with E-state index >= 15 is 0 Å². The molecular weight excluding hydrogens is 306 g/mol. The van der Waals surface area contributed by atoms with Gasteiger partial charge in [-0.05, 0) is 26.2 Å². The Kier molecular flexibility index (Phi) is 12.7. The number of halogens is 1. The molecule has 0 unspecified atom stereocenters. The van der Waals surface area contributed by atoms with E-state index in [0.717, 1.165) is 11.0 Å². The van der Waals surface area contributed by atoms with Gasteiger partial charge in [0.25, 0.3) is 0 Å². The summed E-state index contributed by atoms with van der Waals surface area (Å²) in [4.78, 5) is 11.4. The second-order valence-corrected chi connectivity index (χ2v) is 5.15. The highest BCUT2D eigenvalue weighted by Crippen LogP contribution is 2.11. The molecule has 4 heteroatoms. The van der Waals surface area contributed by atoms with Gasteiger partial charge in [-0.3, -0.25) is 0 Å². The molecule has 0 saturated carbocycles. The summed E-state index contributed by atoms with van der Waals surface area (Å²) in [5.74, 6) is -0.266. The Bertz CT molecular complexity index is 250. The highest BCUT2D eigenvalue weighted by Gasteiger charge is 2.24. The van der Waals surface area contributed by atoms with Crippen molar-refractivity contribution in [3.63, 3.8) is 0 Å². The summed E-state index contributed by atoms with van der Waals surface area (Å²) in [5, 5.41) is 0. The number of esters is 1. The van der Waals surface area contributed by atoms with Crippen LogP contribution in [0.4, 0.5) is 0 Å². The normalized spacial score (nSPS) is 10.7. The largest absolute Gasteiger partial charge is 1.00 e. The van der Waals surface area contributed by atoms with E-state index in [1.165, 1.54) is 38.9 Å². The number of quaternary nitrogens is 1. The van der Waals surface area contributed by atoms with Crippen molar-refractivity contribution in [2.75, 3.05) is 32.8 Å². The van der Waals surface area contributed by atoms with E-state index in [2.05, 4.69) is 27.4 Å². The average Bonchev–Trinajstić information content (AvgIpc) is 2.29. The Labute approximate surface area is 129 Å². The number of nitrogens with zero attached hydrogens (tertiary/aromatic N) is 1. The highest BCUT2D eigenvalue weighted by molar-refractivity contribution is 5.86. The molecule has 114 valence electrons. The minimum atomic E-state index is -0.266. The molecule has 0 amide bonds. The molecule has 0 radical (unpaired) electrons. The first-order chi connectivity index (χ1) is 8.51. The van der Waals surface area contributed by atoms with Crippen LogP contribution < -0.4 is 17.0 Å². The zero-order valence-corrected chi connectivity index (χ0v) is 14.6. The number of carbonyl (C=O) groups is 1. The molecule has 0 spiro atoms. The van der Waals surface area contributed by atoms with E-state index in [1.54, 1.807) is 6.92 Å². The third kappa shape index (κ3) is 8.43. The predicted octanol–water partition coefficient (Wildman–Crippen LogP) is 0.157. The lowest BCUT2D eigenvalue weighted by Crippen LogP contribution is -3.00. The van der Waals surface area contributed by atoms with Gasteiger partial charge in [0, 0.05) is 5.57 Å². The Hall–Kier alpha value is -0.350. The topological polar surface area (TPSA) is 26.3 Å². The maximum absolute atomic E-state index is 11.4. The van der Waals surface area contributed by atoms with Crippen LogP contribution in [0.15, 0.2) is 12.2 Å². The number of carbonyl (C=O) groups excluding carboxylic acids is 1. The summed E-state index contributed by atoms with van der Waals surface area (Å²) in [6, 6.07) is 0. The molecular formula is C15H30BrNO2. The van der Waals surface area contributed by atoms with Gasteiger partial charge in [0.1, 0.15) is 13.2 Å². The zero-order chi connectivity index (χ0) is 14.0. The second-order valence-electron chi connectivity index (χ2n) is 5.15. The lowest BCUT2D eigenvalue weighted by atomic mass is 10.2. The van der Waals surface area contributed by atoms with Crippen LogP contribution in [0.3, 0.4) is 0 Å². The van der Waals surface area contributed by atoms with Crippen LogP contribution in [0.25, 0.3) is 0 Å². The van der Waals surface area contributed by atoms with Crippen molar-refractivity contribution in [2.24, 2.45) is 0 Å². The molecule has 0 aliphatic heterocycles. The van der Waals surface area contributed by atoms with Crippen molar-refractivity contribution in [1.29, 1.82) is 0 Å². The van der Waals surface area contributed by atoms with Crippen molar-refractivity contribution in [3.8, 4) is 0 Å². The fourth-order valence-corrected chi connectivity index (χ4v) is 2.55. The molecule has 0 atom stereocenters. The first-order valence-electron chi connectivity index (χ1n) is 7.19. The van der Waals surface area contributed by atoms with Gasteiger partial charge in [-0.1, -0.05) is 27.4 Å². The van der Waals surface area contributed by atoms with Gasteiger partial charge >= 0.3 is 5.97 Å². The van der Waals surface area contributed by atoms with Gasteiger partial charge in [-0.2, -0.15) is 0 Å². The third-order valence-corrected chi connectivity index (χ3v) is 3.24. The SMILES string of the molecule is C=C(C)C(=O)OCC[N+](CCC)(CCC)CCC.[Br-]. The van der Waals surface area contributed by atoms with Crippen LogP contribution in [0, 0.1) is 0 Å². The molecule has 0 fully saturated rings. The molecule has 3 nitrogen and oxygen atoms in total. The number of rotatable bonds is 10. The Morgan fingerprint density at radius 1 is 1.00 bits per heavy atom. The summed E-state index contributed by atoms with van der Waals surface area (Å²) >= 11 is 0. The molecule has 0 saturated heterocycles. The van der Waals surface area contributed by atoms with Gasteiger partial charge in [-0.15, -0.1) is 0 Å². The summed E-state index contributed by atoms with van der Waals surface area (Å²) in [6.07, 6.45) is 3.53. The predicted molar refractivity (Wildman–Crippen MR) is 76.4 cm³/mol. The summed E-state index contributed by atoms with van der Waals surface area (Å²) < 4.78 is 6.32. The lowest BCUT2D eigenvalue weighted by molar-refractivity contribution is -0.928. The van der Waals surface area contributed by atoms with E-state index in [1.807, 2.05) is 0 Å². The van der Waals surface area contributed by atoms with Crippen LogP contribution in [0.2, 0.25) is 0 Å². The molecule has 0 aromatic heterocycles. The summed E-state index contributed by atoms with van der Waals surface area (Å²) in [6.45, 7) is 16.9. The van der Waals surface area contributed by atoms with Crippen molar-refractivity contribution in [3.05, 3.63) is 12.2 Å².